The molecule has 1 heterocycles. The summed E-state index contributed by atoms with van der Waals surface area (Å²) < 4.78 is 0. The van der Waals surface area contributed by atoms with Crippen molar-refractivity contribution in [3.8, 4) is 0 Å². The van der Waals surface area contributed by atoms with Crippen molar-refractivity contribution in [3.05, 3.63) is 29.8 Å². The van der Waals surface area contributed by atoms with Crippen LogP contribution in [-0.2, 0) is 0 Å². The number of rotatable bonds is 2. The molecule has 0 saturated carbocycles. The van der Waals surface area contributed by atoms with E-state index in [0.717, 1.165) is 30.6 Å². The number of hydrogen-bond donors (Lipinski definition) is 2. The molecule has 3 heteroatoms. The maximum Gasteiger partial charge on any atom is 0.0810 e. The van der Waals surface area contributed by atoms with Crippen molar-refractivity contribution in [1.29, 1.82) is 0 Å². The predicted molar refractivity (Wildman–Crippen MR) is 64.5 cm³/mol. The minimum Gasteiger partial charge on any atom is -0.392 e. The number of fused-ring (bicyclic) bond motifs is 1. The lowest BCUT2D eigenvalue weighted by Gasteiger charge is -2.26. The van der Waals surface area contributed by atoms with Crippen LogP contribution in [0.4, 0.5) is 5.69 Å². The molecule has 0 spiro atoms. The SMILES string of the molecule is CC(O)CN1CCCC(O)c2ccccc21. The third-order valence-electron chi connectivity index (χ3n) is 3.03. The van der Waals surface area contributed by atoms with Crippen LogP contribution in [0.3, 0.4) is 0 Å². The van der Waals surface area contributed by atoms with E-state index in [9.17, 15) is 10.2 Å². The minimum absolute atomic E-state index is 0.344. The van der Waals surface area contributed by atoms with Gasteiger partial charge in [0.1, 0.15) is 0 Å². The zero-order valence-corrected chi connectivity index (χ0v) is 9.63. The molecule has 16 heavy (non-hydrogen) atoms. The zero-order chi connectivity index (χ0) is 11.5. The Morgan fingerprint density at radius 3 is 2.94 bits per heavy atom. The van der Waals surface area contributed by atoms with Gasteiger partial charge in [0.25, 0.3) is 0 Å². The van der Waals surface area contributed by atoms with Gasteiger partial charge in [0.2, 0.25) is 0 Å². The number of hydrogen-bond acceptors (Lipinski definition) is 3. The maximum absolute atomic E-state index is 10.0. The second-order valence-electron chi connectivity index (χ2n) is 4.51. The highest BCUT2D eigenvalue weighted by atomic mass is 16.3. The average molecular weight is 221 g/mol. The second kappa shape index (κ2) is 4.85. The number of benzene rings is 1. The minimum atomic E-state index is -0.366. The van der Waals surface area contributed by atoms with Gasteiger partial charge in [0, 0.05) is 24.3 Å². The lowest BCUT2D eigenvalue weighted by Crippen LogP contribution is -2.31. The molecule has 1 aliphatic heterocycles. The number of para-hydroxylation sites is 1. The number of aliphatic hydroxyl groups excluding tert-OH is 2. The molecule has 0 saturated heterocycles. The van der Waals surface area contributed by atoms with Crippen LogP contribution >= 0.6 is 0 Å². The monoisotopic (exact) mass is 221 g/mol. The number of nitrogens with zero attached hydrogens (tertiary/aromatic N) is 1. The number of β-amino-alcohol motifs (C(OH)–C–C–N with tert-alkyl or cyclic N) is 1. The Bertz CT molecular complexity index is 352. The van der Waals surface area contributed by atoms with Gasteiger partial charge in [-0.05, 0) is 25.8 Å². The van der Waals surface area contributed by atoms with Gasteiger partial charge in [-0.15, -0.1) is 0 Å². The van der Waals surface area contributed by atoms with E-state index in [-0.39, 0.29) is 12.2 Å². The smallest absolute Gasteiger partial charge is 0.0810 e. The van der Waals surface area contributed by atoms with Crippen LogP contribution in [0.5, 0.6) is 0 Å². The van der Waals surface area contributed by atoms with Gasteiger partial charge in [-0.1, -0.05) is 18.2 Å². The highest BCUT2D eigenvalue weighted by Crippen LogP contribution is 2.32. The van der Waals surface area contributed by atoms with Gasteiger partial charge in [0.05, 0.1) is 12.2 Å². The standard InChI is InChI=1S/C13H19NO2/c1-10(15)9-14-8-4-7-13(16)11-5-2-3-6-12(11)14/h2-3,5-6,10,13,15-16H,4,7-9H2,1H3. The van der Waals surface area contributed by atoms with E-state index in [0.29, 0.717) is 6.54 Å². The third-order valence-corrected chi connectivity index (χ3v) is 3.03. The Balaban J connectivity index is 2.31. The van der Waals surface area contributed by atoms with Crippen LogP contribution in [0.2, 0.25) is 0 Å². The summed E-state index contributed by atoms with van der Waals surface area (Å²) in [4.78, 5) is 2.16. The van der Waals surface area contributed by atoms with Gasteiger partial charge < -0.3 is 15.1 Å². The van der Waals surface area contributed by atoms with Crippen LogP contribution in [0, 0.1) is 0 Å². The molecule has 0 fully saturated rings. The first kappa shape index (κ1) is 11.4. The first-order valence-electron chi connectivity index (χ1n) is 5.88. The van der Waals surface area contributed by atoms with Crippen LogP contribution in [0.1, 0.15) is 31.4 Å². The highest BCUT2D eigenvalue weighted by molar-refractivity contribution is 5.55. The fraction of sp³-hybridized carbons (Fsp3) is 0.538. The van der Waals surface area contributed by atoms with Crippen LogP contribution in [-0.4, -0.2) is 29.4 Å². The molecule has 0 aromatic heterocycles. The van der Waals surface area contributed by atoms with E-state index in [1.807, 2.05) is 24.3 Å². The van der Waals surface area contributed by atoms with Crippen molar-refractivity contribution in [2.75, 3.05) is 18.0 Å². The maximum atomic E-state index is 10.0. The molecule has 1 aliphatic rings. The van der Waals surface area contributed by atoms with E-state index >= 15 is 0 Å². The summed E-state index contributed by atoms with van der Waals surface area (Å²) in [6.45, 7) is 3.33. The molecule has 0 amide bonds. The highest BCUT2D eigenvalue weighted by Gasteiger charge is 2.21. The zero-order valence-electron chi connectivity index (χ0n) is 9.63. The fourth-order valence-electron chi connectivity index (χ4n) is 2.32. The molecule has 1 aromatic rings. The Labute approximate surface area is 96.3 Å². The predicted octanol–water partition coefficient (Wildman–Crippen LogP) is 1.70. The number of aliphatic hydroxyl groups is 2. The first-order valence-corrected chi connectivity index (χ1v) is 5.88. The summed E-state index contributed by atoms with van der Waals surface area (Å²) in [5.41, 5.74) is 2.05. The Hall–Kier alpha value is -1.06. The molecular weight excluding hydrogens is 202 g/mol. The lowest BCUT2D eigenvalue weighted by atomic mass is 10.0. The van der Waals surface area contributed by atoms with Gasteiger partial charge in [-0.2, -0.15) is 0 Å². The van der Waals surface area contributed by atoms with E-state index in [4.69, 9.17) is 0 Å². The van der Waals surface area contributed by atoms with Crippen molar-refractivity contribution in [3.63, 3.8) is 0 Å². The summed E-state index contributed by atoms with van der Waals surface area (Å²) in [6.07, 6.45) is 1.05. The fourth-order valence-corrected chi connectivity index (χ4v) is 2.32. The lowest BCUT2D eigenvalue weighted by molar-refractivity contribution is 0.168. The topological polar surface area (TPSA) is 43.7 Å². The summed E-state index contributed by atoms with van der Waals surface area (Å²) >= 11 is 0. The average Bonchev–Trinajstić information content (AvgIpc) is 2.40. The summed E-state index contributed by atoms with van der Waals surface area (Å²) in [7, 11) is 0. The summed E-state index contributed by atoms with van der Waals surface area (Å²) in [5.74, 6) is 0. The first-order chi connectivity index (χ1) is 7.68. The summed E-state index contributed by atoms with van der Waals surface area (Å²) in [5, 5.41) is 19.5. The normalized spacial score (nSPS) is 22.4. The van der Waals surface area contributed by atoms with Gasteiger partial charge in [-0.25, -0.2) is 0 Å². The van der Waals surface area contributed by atoms with Crippen LogP contribution in [0.25, 0.3) is 0 Å². The Kier molecular flexibility index (Phi) is 3.46. The molecule has 2 unspecified atom stereocenters. The van der Waals surface area contributed by atoms with Gasteiger partial charge in [-0.3, -0.25) is 0 Å². The van der Waals surface area contributed by atoms with Crippen LogP contribution < -0.4 is 4.90 Å². The second-order valence-corrected chi connectivity index (χ2v) is 4.51. The Morgan fingerprint density at radius 2 is 2.19 bits per heavy atom. The van der Waals surface area contributed by atoms with Crippen molar-refractivity contribution >= 4 is 5.69 Å². The van der Waals surface area contributed by atoms with Gasteiger partial charge >= 0.3 is 0 Å². The van der Waals surface area contributed by atoms with Crippen LogP contribution in [0.15, 0.2) is 24.3 Å². The van der Waals surface area contributed by atoms with E-state index in [1.165, 1.54) is 0 Å². The number of anilines is 1. The van der Waals surface area contributed by atoms with E-state index in [1.54, 1.807) is 6.92 Å². The molecule has 88 valence electrons. The quantitative estimate of drug-likeness (QED) is 0.799. The van der Waals surface area contributed by atoms with E-state index in [2.05, 4.69) is 4.90 Å². The molecule has 3 nitrogen and oxygen atoms in total. The molecule has 2 atom stereocenters. The Morgan fingerprint density at radius 1 is 1.44 bits per heavy atom. The van der Waals surface area contributed by atoms with Crippen molar-refractivity contribution in [1.82, 2.24) is 0 Å². The molecule has 0 aliphatic carbocycles. The molecule has 0 radical (unpaired) electrons. The molecule has 1 aromatic carbocycles. The van der Waals surface area contributed by atoms with Crippen molar-refractivity contribution < 1.29 is 10.2 Å². The molecule has 0 bridgehead atoms. The third kappa shape index (κ3) is 2.36. The van der Waals surface area contributed by atoms with Gasteiger partial charge in [0.15, 0.2) is 0 Å². The van der Waals surface area contributed by atoms with Crippen molar-refractivity contribution in [2.45, 2.75) is 32.0 Å². The summed E-state index contributed by atoms with van der Waals surface area (Å²) in [6, 6.07) is 7.92. The van der Waals surface area contributed by atoms with E-state index < -0.39 is 0 Å². The van der Waals surface area contributed by atoms with Crippen molar-refractivity contribution in [2.24, 2.45) is 0 Å². The largest absolute Gasteiger partial charge is 0.392 e. The molecule has 2 N–H and O–H groups in total. The molecular formula is C13H19NO2. The molecule has 2 rings (SSSR count).